The Morgan fingerprint density at radius 2 is 1.55 bits per heavy atom. The van der Waals surface area contributed by atoms with Crippen molar-refractivity contribution >= 4 is 23.2 Å². The Labute approximate surface area is 124 Å². The van der Waals surface area contributed by atoms with Crippen LogP contribution in [-0.2, 0) is 0 Å². The van der Waals surface area contributed by atoms with Crippen LogP contribution in [0.5, 0.6) is 0 Å². The van der Waals surface area contributed by atoms with Crippen LogP contribution in [-0.4, -0.2) is 19.1 Å². The lowest BCUT2D eigenvalue weighted by Crippen LogP contribution is -2.15. The summed E-state index contributed by atoms with van der Waals surface area (Å²) < 4.78 is 0. The largest absolute Gasteiger partial charge is 0.339 e. The van der Waals surface area contributed by atoms with Gasteiger partial charge in [-0.2, -0.15) is 0 Å². The van der Waals surface area contributed by atoms with Gasteiger partial charge in [-0.3, -0.25) is 4.79 Å². The van der Waals surface area contributed by atoms with E-state index in [1.54, 1.807) is 17.8 Å². The molecule has 0 aromatic heterocycles. The van der Waals surface area contributed by atoms with Crippen LogP contribution in [0.25, 0.3) is 0 Å². The monoisotopic (exact) mass is 283 g/mol. The van der Waals surface area contributed by atoms with Crippen LogP contribution in [0.2, 0.25) is 0 Å². The minimum atomic E-state index is 0.0257. The third kappa shape index (κ3) is 3.52. The highest BCUT2D eigenvalue weighted by atomic mass is 32.2. The number of benzene rings is 2. The Kier molecular flexibility index (Phi) is 5.02. The Morgan fingerprint density at radius 3 is 2.10 bits per heavy atom. The van der Waals surface area contributed by atoms with Crippen molar-refractivity contribution in [3.8, 4) is 0 Å². The predicted molar refractivity (Wildman–Crippen MR) is 87.2 cm³/mol. The number of ketones is 1. The molecule has 0 aliphatic carbocycles. The zero-order chi connectivity index (χ0) is 14.4. The van der Waals surface area contributed by atoms with Gasteiger partial charge in [-0.05, 0) is 18.4 Å². The molecule has 2 aromatic rings. The van der Waals surface area contributed by atoms with Gasteiger partial charge >= 0.3 is 0 Å². The molecular formula is C17H17NOS. The minimum Gasteiger partial charge on any atom is -0.339 e. The zero-order valence-corrected chi connectivity index (χ0v) is 12.4. The smallest absolute Gasteiger partial charge is 0.188 e. The van der Waals surface area contributed by atoms with Gasteiger partial charge in [0.15, 0.2) is 5.78 Å². The van der Waals surface area contributed by atoms with Crippen LogP contribution < -0.4 is 4.90 Å². The fourth-order valence-electron chi connectivity index (χ4n) is 1.87. The predicted octanol–water partition coefficient (Wildman–Crippen LogP) is 4.21. The molecular weight excluding hydrogens is 266 g/mol. The maximum Gasteiger partial charge on any atom is 0.188 e. The molecule has 20 heavy (non-hydrogen) atoms. The molecule has 2 nitrogen and oxygen atoms in total. The Morgan fingerprint density at radius 1 is 1.00 bits per heavy atom. The van der Waals surface area contributed by atoms with Gasteiger partial charge in [0.05, 0.1) is 5.03 Å². The summed E-state index contributed by atoms with van der Waals surface area (Å²) in [5, 5.41) is 0.921. The zero-order valence-electron chi connectivity index (χ0n) is 11.6. The van der Waals surface area contributed by atoms with Gasteiger partial charge in [0.25, 0.3) is 0 Å². The van der Waals surface area contributed by atoms with Crippen LogP contribution in [0.1, 0.15) is 10.4 Å². The summed E-state index contributed by atoms with van der Waals surface area (Å²) in [6, 6.07) is 19.3. The average Bonchev–Trinajstić information content (AvgIpc) is 2.53. The van der Waals surface area contributed by atoms with E-state index in [0.29, 0.717) is 5.56 Å². The molecule has 0 radical (unpaired) electrons. The van der Waals surface area contributed by atoms with Crippen LogP contribution in [0.3, 0.4) is 0 Å². The summed E-state index contributed by atoms with van der Waals surface area (Å²) in [4.78, 5) is 14.3. The first-order valence-electron chi connectivity index (χ1n) is 6.36. The van der Waals surface area contributed by atoms with E-state index in [0.717, 1.165) is 10.7 Å². The second-order valence-electron chi connectivity index (χ2n) is 4.31. The molecule has 0 saturated heterocycles. The Balaban J connectivity index is 2.24. The van der Waals surface area contributed by atoms with E-state index < -0.39 is 0 Å². The van der Waals surface area contributed by atoms with Crippen molar-refractivity contribution < 1.29 is 4.79 Å². The molecule has 102 valence electrons. The standard InChI is InChI=1S/C17H17NOS/c1-18(15-11-7-4-8-12-15)17(20-2)13-16(19)14-9-5-3-6-10-14/h3-13H,1-2H3/b17-13-. The number of rotatable bonds is 5. The topological polar surface area (TPSA) is 20.3 Å². The molecule has 0 aliphatic rings. The van der Waals surface area contributed by atoms with Crippen LogP contribution in [0, 0.1) is 0 Å². The number of hydrogen-bond acceptors (Lipinski definition) is 3. The third-order valence-electron chi connectivity index (χ3n) is 3.00. The molecule has 0 spiro atoms. The quantitative estimate of drug-likeness (QED) is 0.605. The lowest BCUT2D eigenvalue weighted by molar-refractivity contribution is 0.104. The molecule has 0 heterocycles. The number of anilines is 1. The Bertz CT molecular complexity index is 593. The molecule has 0 unspecified atom stereocenters. The van der Waals surface area contributed by atoms with Gasteiger partial charge in [-0.15, -0.1) is 11.8 Å². The maximum atomic E-state index is 12.2. The summed E-state index contributed by atoms with van der Waals surface area (Å²) in [5.74, 6) is 0.0257. The lowest BCUT2D eigenvalue weighted by atomic mass is 10.1. The van der Waals surface area contributed by atoms with E-state index >= 15 is 0 Å². The maximum absolute atomic E-state index is 12.2. The molecule has 0 aliphatic heterocycles. The highest BCUT2D eigenvalue weighted by Crippen LogP contribution is 2.23. The molecule has 0 N–H and O–H groups in total. The number of allylic oxidation sites excluding steroid dienone is 1. The van der Waals surface area contributed by atoms with Gasteiger partial charge in [-0.1, -0.05) is 48.5 Å². The summed E-state index contributed by atoms with van der Waals surface area (Å²) in [7, 11) is 1.97. The molecule has 3 heteroatoms. The van der Waals surface area contributed by atoms with Gasteiger partial charge in [0, 0.05) is 24.4 Å². The molecule has 0 amide bonds. The van der Waals surface area contributed by atoms with Crippen molar-refractivity contribution in [3.63, 3.8) is 0 Å². The van der Waals surface area contributed by atoms with E-state index in [-0.39, 0.29) is 5.78 Å². The van der Waals surface area contributed by atoms with Crippen LogP contribution in [0.15, 0.2) is 71.8 Å². The van der Waals surface area contributed by atoms with E-state index in [4.69, 9.17) is 0 Å². The van der Waals surface area contributed by atoms with Gasteiger partial charge < -0.3 is 4.90 Å². The number of carbonyl (C=O) groups excluding carboxylic acids is 1. The van der Waals surface area contributed by atoms with Crippen molar-refractivity contribution in [1.29, 1.82) is 0 Å². The first-order chi connectivity index (χ1) is 9.72. The third-order valence-corrected chi connectivity index (χ3v) is 3.81. The molecule has 0 saturated carbocycles. The van der Waals surface area contributed by atoms with Crippen molar-refractivity contribution in [1.82, 2.24) is 0 Å². The second-order valence-corrected chi connectivity index (χ2v) is 5.14. The number of thioether (sulfide) groups is 1. The van der Waals surface area contributed by atoms with Crippen molar-refractivity contribution in [3.05, 3.63) is 77.3 Å². The number of nitrogens with zero attached hydrogens (tertiary/aromatic N) is 1. The van der Waals surface area contributed by atoms with E-state index in [1.165, 1.54) is 0 Å². The van der Waals surface area contributed by atoms with Crippen molar-refractivity contribution in [2.75, 3.05) is 18.2 Å². The number of carbonyl (C=O) groups is 1. The summed E-state index contributed by atoms with van der Waals surface area (Å²) >= 11 is 1.56. The first-order valence-corrected chi connectivity index (χ1v) is 7.58. The summed E-state index contributed by atoms with van der Waals surface area (Å²) in [6.07, 6.45) is 3.66. The highest BCUT2D eigenvalue weighted by molar-refractivity contribution is 8.02. The fourth-order valence-corrected chi connectivity index (χ4v) is 2.47. The van der Waals surface area contributed by atoms with Crippen molar-refractivity contribution in [2.45, 2.75) is 0 Å². The second kappa shape index (κ2) is 6.96. The molecule has 2 aromatic carbocycles. The van der Waals surface area contributed by atoms with Crippen molar-refractivity contribution in [2.24, 2.45) is 0 Å². The van der Waals surface area contributed by atoms with Crippen LogP contribution >= 0.6 is 11.8 Å². The van der Waals surface area contributed by atoms with E-state index in [1.807, 2.05) is 78.9 Å². The van der Waals surface area contributed by atoms with Gasteiger partial charge in [-0.25, -0.2) is 0 Å². The minimum absolute atomic E-state index is 0.0257. The molecule has 2 rings (SSSR count). The Hall–Kier alpha value is -2.00. The SMILES string of the molecule is CS/C(=C\C(=O)c1ccccc1)N(C)c1ccccc1. The molecule has 0 atom stereocenters. The molecule has 0 bridgehead atoms. The number of hydrogen-bond donors (Lipinski definition) is 0. The average molecular weight is 283 g/mol. The van der Waals surface area contributed by atoms with Crippen LogP contribution in [0.4, 0.5) is 5.69 Å². The highest BCUT2D eigenvalue weighted by Gasteiger charge is 2.09. The molecule has 0 fully saturated rings. The van der Waals surface area contributed by atoms with E-state index in [2.05, 4.69) is 0 Å². The number of para-hydroxylation sites is 1. The first kappa shape index (κ1) is 14.4. The normalized spacial score (nSPS) is 11.2. The fraction of sp³-hybridized carbons (Fsp3) is 0.118. The summed E-state index contributed by atoms with van der Waals surface area (Å²) in [6.45, 7) is 0. The lowest BCUT2D eigenvalue weighted by Gasteiger charge is -2.21. The summed E-state index contributed by atoms with van der Waals surface area (Å²) in [5.41, 5.74) is 1.77. The van der Waals surface area contributed by atoms with Gasteiger partial charge in [0.1, 0.15) is 0 Å². The van der Waals surface area contributed by atoms with E-state index in [9.17, 15) is 4.79 Å². The van der Waals surface area contributed by atoms with Gasteiger partial charge in [0.2, 0.25) is 0 Å².